The fourth-order valence-electron chi connectivity index (χ4n) is 15.0. The van der Waals surface area contributed by atoms with Crippen molar-refractivity contribution in [1.29, 1.82) is 0 Å². The highest BCUT2D eigenvalue weighted by atomic mass is 31.2. The van der Waals surface area contributed by atoms with Crippen molar-refractivity contribution in [2.45, 2.75) is 489 Å². The largest absolute Gasteiger partial charge is 0.472 e. The molecule has 0 heterocycles. The highest BCUT2D eigenvalue weighted by Gasteiger charge is 2.30. The summed E-state index contributed by atoms with van der Waals surface area (Å²) < 4.78 is 61.8. The topological polar surface area (TPSA) is 231 Å². The van der Waals surface area contributed by atoms with Crippen molar-refractivity contribution < 1.29 is 75.8 Å². The van der Waals surface area contributed by atoms with E-state index in [1.807, 2.05) is 0 Å². The number of hydrogen-bond donors (Lipinski definition) is 4. The van der Waals surface area contributed by atoms with Gasteiger partial charge in [0.05, 0.1) is 26.4 Å². The summed E-state index contributed by atoms with van der Waals surface area (Å²) in [6.07, 6.45) is 141. The molecule has 0 saturated heterocycles. The minimum atomic E-state index is -4.95. The molecule has 0 aromatic rings. The number of carbonyl (C=O) groups is 3. The molecule has 4 N–H and O–H groups in total. The van der Waals surface area contributed by atoms with Crippen LogP contribution in [0.4, 0.5) is 0 Å². The molecule has 18 heteroatoms. The van der Waals surface area contributed by atoms with E-state index in [9.17, 15) is 43.5 Å². The fraction of sp³-hybridized carbons (Fsp3) is 0.713. The van der Waals surface area contributed by atoms with E-state index < -0.39 is 91.5 Å². The highest BCUT2D eigenvalue weighted by Crippen LogP contribution is 2.45. The molecule has 0 rings (SSSR count). The van der Waals surface area contributed by atoms with Crippen LogP contribution in [0.25, 0.3) is 0 Å². The molecule has 133 heavy (non-hydrogen) atoms. The fourth-order valence-corrected chi connectivity index (χ4v) is 16.6. The second-order valence-electron chi connectivity index (χ2n) is 36.0. The number of allylic oxidation sites excluding steroid dienone is 30. The summed E-state index contributed by atoms with van der Waals surface area (Å²) >= 11 is 0. The molecule has 0 bridgehead atoms. The maximum atomic E-state index is 13.2. The number of esters is 3. The molecule has 0 aromatic carbocycles. The number of rotatable bonds is 102. The molecule has 0 aliphatic carbocycles. The SMILES string of the molecule is CC/C=C\C/C=C\C/C=C\C/C=C\C/C=C\C/C=C\CCCCCCCCCCCCCCCCCCC(=O)OCC(O)COP(=O)(O)OCC(O)COP(=O)(O)OCC(COC(=O)CCCCCCCCCCCCCCCCCCC/C=C\C/C=C\C/C=C\C/C=C\CCCCC)OC(=O)CCCCCCCCCCCCCCC/C=C\C/C=C\C/C=C\C/C=C\C/C=C\CC. The van der Waals surface area contributed by atoms with Gasteiger partial charge in [0, 0.05) is 19.3 Å². The Morgan fingerprint density at radius 3 is 0.632 bits per heavy atom. The number of phosphoric ester groups is 2. The maximum absolute atomic E-state index is 13.2. The van der Waals surface area contributed by atoms with Gasteiger partial charge in [0.1, 0.15) is 25.4 Å². The molecule has 0 amide bonds. The maximum Gasteiger partial charge on any atom is 0.472 e. The number of ether oxygens (including phenoxy) is 3. The van der Waals surface area contributed by atoms with Gasteiger partial charge >= 0.3 is 33.6 Å². The lowest BCUT2D eigenvalue weighted by molar-refractivity contribution is -0.161. The minimum Gasteiger partial charge on any atom is -0.463 e. The van der Waals surface area contributed by atoms with Gasteiger partial charge in [-0.25, -0.2) is 9.13 Å². The van der Waals surface area contributed by atoms with Gasteiger partial charge in [0.15, 0.2) is 6.10 Å². The van der Waals surface area contributed by atoms with Crippen molar-refractivity contribution in [3.63, 3.8) is 0 Å². The zero-order chi connectivity index (χ0) is 96.4. The Kier molecular flexibility index (Phi) is 101. The Morgan fingerprint density at radius 2 is 0.398 bits per heavy atom. The molecule has 0 aliphatic rings. The molecular weight excluding hydrogens is 1700 g/mol. The molecular formula is C115H198O16P2. The molecule has 16 nitrogen and oxygen atoms in total. The molecule has 5 unspecified atom stereocenters. The zero-order valence-corrected chi connectivity index (χ0v) is 86.7. The quantitative estimate of drug-likeness (QED) is 0.0146. The third kappa shape index (κ3) is 107. The standard InChI is InChI=1S/C115H198O16P2/c1-4-7-10-13-16-19-22-25-28-31-34-37-40-43-46-49-51-53-54-56-58-60-62-65-68-71-74-77-80-83-86-89-92-95-98-101-113(118)125-104-110(116)105-127-132(121,122)128-106-111(117)107-129-133(123,124)130-109-112(131-115(120)103-100-97-94-91-88-85-82-79-76-73-70-67-64-59-48-45-42-39-36-33-30-27-24-21-18-15-12-9-6-3)108-126-114(119)102-99-96-93-90-87-84-81-78-75-72-69-66-63-61-57-55-52-50-47-44-41-38-35-32-29-26-23-20-17-14-11-8-5-2/h7,9-10,12,16-21,25-30,34-39,43-48,51,53,110-112,116-117H,4-6,8,11,13-15,22-24,31-33,40-42,49-50,52,54-109H2,1-3H3,(H,121,122)(H,123,124)/b10-7-,12-9-,19-16-,20-17-,21-18-,28-25-,29-26-,30-27-,37-34-,38-35-,39-36-,46-43-,47-44-,48-45-,53-51-. The summed E-state index contributed by atoms with van der Waals surface area (Å²) in [5.74, 6) is -1.56. The lowest BCUT2D eigenvalue weighted by Crippen LogP contribution is -2.30. The summed E-state index contributed by atoms with van der Waals surface area (Å²) in [5.41, 5.74) is 0. The molecule has 0 radical (unpaired) electrons. The van der Waals surface area contributed by atoms with Crippen LogP contribution in [0.1, 0.15) is 470 Å². The van der Waals surface area contributed by atoms with Crippen LogP contribution < -0.4 is 0 Å². The smallest absolute Gasteiger partial charge is 0.463 e. The summed E-state index contributed by atoms with van der Waals surface area (Å²) in [6, 6.07) is 0. The van der Waals surface area contributed by atoms with Crippen LogP contribution >= 0.6 is 15.6 Å². The van der Waals surface area contributed by atoms with E-state index in [1.165, 1.54) is 250 Å². The second kappa shape index (κ2) is 106. The van der Waals surface area contributed by atoms with Crippen LogP contribution in [-0.2, 0) is 55.8 Å². The van der Waals surface area contributed by atoms with Crippen molar-refractivity contribution in [2.75, 3.05) is 39.6 Å². The number of aliphatic hydroxyl groups is 2. The van der Waals surface area contributed by atoms with Crippen LogP contribution in [-0.4, -0.2) is 95.9 Å². The summed E-state index contributed by atoms with van der Waals surface area (Å²) in [7, 11) is -9.82. The van der Waals surface area contributed by atoms with E-state index in [2.05, 4.69) is 203 Å². The Balaban J connectivity index is 4.59. The third-order valence-corrected chi connectivity index (χ3v) is 25.0. The van der Waals surface area contributed by atoms with E-state index in [0.29, 0.717) is 19.3 Å². The van der Waals surface area contributed by atoms with Gasteiger partial charge in [0.2, 0.25) is 0 Å². The van der Waals surface area contributed by atoms with Crippen molar-refractivity contribution in [2.24, 2.45) is 0 Å². The normalized spacial score (nSPS) is 14.3. The molecule has 5 atom stereocenters. The average Bonchev–Trinajstić information content (AvgIpc) is 0.896. The molecule has 0 aliphatic heterocycles. The minimum absolute atomic E-state index is 0.101. The van der Waals surface area contributed by atoms with E-state index >= 15 is 0 Å². The van der Waals surface area contributed by atoms with E-state index in [-0.39, 0.29) is 19.3 Å². The van der Waals surface area contributed by atoms with Crippen LogP contribution in [0.2, 0.25) is 0 Å². The van der Waals surface area contributed by atoms with Crippen LogP contribution in [0.3, 0.4) is 0 Å². The molecule has 0 saturated carbocycles. The molecule has 0 aromatic heterocycles. The number of carbonyl (C=O) groups excluding carboxylic acids is 3. The third-order valence-electron chi connectivity index (χ3n) is 23.1. The van der Waals surface area contributed by atoms with Gasteiger partial charge in [-0.15, -0.1) is 0 Å². The van der Waals surface area contributed by atoms with Crippen molar-refractivity contribution in [1.82, 2.24) is 0 Å². The van der Waals surface area contributed by atoms with Gasteiger partial charge in [-0.05, 0) is 161 Å². The van der Waals surface area contributed by atoms with E-state index in [4.69, 9.17) is 32.3 Å². The van der Waals surface area contributed by atoms with E-state index in [1.54, 1.807) is 0 Å². The van der Waals surface area contributed by atoms with Gasteiger partial charge in [0.25, 0.3) is 0 Å². The Labute approximate surface area is 815 Å². The van der Waals surface area contributed by atoms with Gasteiger partial charge in [-0.1, -0.05) is 473 Å². The van der Waals surface area contributed by atoms with Crippen LogP contribution in [0, 0.1) is 0 Å². The first-order valence-corrected chi connectivity index (χ1v) is 57.1. The van der Waals surface area contributed by atoms with Gasteiger partial charge in [-0.2, -0.15) is 0 Å². The number of unbranched alkanes of at least 4 members (excludes halogenated alkanes) is 49. The zero-order valence-electron chi connectivity index (χ0n) is 84.9. The number of aliphatic hydroxyl groups excluding tert-OH is 2. The Morgan fingerprint density at radius 1 is 0.218 bits per heavy atom. The lowest BCUT2D eigenvalue weighted by Gasteiger charge is -2.21. The predicted molar refractivity (Wildman–Crippen MR) is 565 cm³/mol. The van der Waals surface area contributed by atoms with Crippen LogP contribution in [0.15, 0.2) is 182 Å². The first-order valence-electron chi connectivity index (χ1n) is 54.1. The molecule has 764 valence electrons. The van der Waals surface area contributed by atoms with Crippen molar-refractivity contribution in [3.8, 4) is 0 Å². The number of hydrogen-bond acceptors (Lipinski definition) is 14. The first-order chi connectivity index (χ1) is 65.2. The van der Waals surface area contributed by atoms with Gasteiger partial charge < -0.3 is 34.2 Å². The molecule has 0 spiro atoms. The first kappa shape index (κ1) is 128. The summed E-state index contributed by atoms with van der Waals surface area (Å²) in [4.78, 5) is 59.3. The molecule has 0 fully saturated rings. The number of phosphoric acid groups is 2. The van der Waals surface area contributed by atoms with Gasteiger partial charge in [-0.3, -0.25) is 32.5 Å². The van der Waals surface area contributed by atoms with Crippen molar-refractivity contribution in [3.05, 3.63) is 182 Å². The summed E-state index contributed by atoms with van der Waals surface area (Å²) in [5, 5.41) is 20.8. The Bertz CT molecular complexity index is 3150. The predicted octanol–water partition coefficient (Wildman–Crippen LogP) is 34.7. The van der Waals surface area contributed by atoms with Crippen LogP contribution in [0.5, 0.6) is 0 Å². The average molecular weight is 1900 g/mol. The Hall–Kier alpha value is -5.35. The monoisotopic (exact) mass is 1900 g/mol. The van der Waals surface area contributed by atoms with Crippen molar-refractivity contribution >= 4 is 33.6 Å². The van der Waals surface area contributed by atoms with E-state index in [0.717, 1.165) is 161 Å². The summed E-state index contributed by atoms with van der Waals surface area (Å²) in [6.45, 7) is 2.51. The highest BCUT2D eigenvalue weighted by molar-refractivity contribution is 7.47. The lowest BCUT2D eigenvalue weighted by atomic mass is 10.0. The second-order valence-corrected chi connectivity index (χ2v) is 38.9.